The van der Waals surface area contributed by atoms with E-state index >= 15 is 0 Å². The minimum atomic E-state index is -0.0913. The van der Waals surface area contributed by atoms with E-state index in [-0.39, 0.29) is 17.1 Å². The number of ether oxygens (including phenoxy) is 2. The van der Waals surface area contributed by atoms with Crippen molar-refractivity contribution in [3.8, 4) is 0 Å². The first-order valence-electron chi connectivity index (χ1n) is 5.40. The fourth-order valence-corrected chi connectivity index (χ4v) is 2.26. The summed E-state index contributed by atoms with van der Waals surface area (Å²) in [6.07, 6.45) is 0.929. The first-order valence-corrected chi connectivity index (χ1v) is 6.28. The second-order valence-electron chi connectivity index (χ2n) is 5.43. The van der Waals surface area contributed by atoms with Gasteiger partial charge in [0.25, 0.3) is 0 Å². The van der Waals surface area contributed by atoms with Gasteiger partial charge >= 0.3 is 0 Å². The van der Waals surface area contributed by atoms with Crippen molar-refractivity contribution in [2.24, 2.45) is 10.8 Å². The van der Waals surface area contributed by atoms with Crippen LogP contribution in [0.4, 0.5) is 0 Å². The molecule has 1 saturated heterocycles. The van der Waals surface area contributed by atoms with Crippen LogP contribution in [-0.4, -0.2) is 26.1 Å². The summed E-state index contributed by atoms with van der Waals surface area (Å²) < 4.78 is 16.8. The average molecular weight is 328 g/mol. The van der Waals surface area contributed by atoms with Gasteiger partial charge in [0, 0.05) is 10.8 Å². The first-order chi connectivity index (χ1) is 6.93. The van der Waals surface area contributed by atoms with Crippen molar-refractivity contribution in [2.75, 3.05) is 19.8 Å². The molecule has 4 heteroatoms. The fourth-order valence-electron chi connectivity index (χ4n) is 1.60. The van der Waals surface area contributed by atoms with Crippen LogP contribution < -0.4 is 0 Å². The van der Waals surface area contributed by atoms with Crippen LogP contribution in [0.25, 0.3) is 0 Å². The topological polar surface area (TPSA) is 27.7 Å². The first kappa shape index (κ1) is 13.7. The van der Waals surface area contributed by atoms with Crippen LogP contribution in [0.2, 0.25) is 0 Å². The second-order valence-corrected chi connectivity index (χ2v) is 6.05. The van der Waals surface area contributed by atoms with E-state index in [0.29, 0.717) is 6.61 Å². The highest BCUT2D eigenvalue weighted by Gasteiger charge is 2.39. The van der Waals surface area contributed by atoms with Gasteiger partial charge in [-0.05, 0) is 6.42 Å². The van der Waals surface area contributed by atoms with Crippen molar-refractivity contribution < 1.29 is 12.5 Å². The van der Waals surface area contributed by atoms with Crippen LogP contribution in [0.15, 0.2) is 0 Å². The molecule has 0 aromatic heterocycles. The second kappa shape index (κ2) is 5.29. The molecular formula is C11H21IO3. The van der Waals surface area contributed by atoms with Gasteiger partial charge in [-0.3, -0.25) is 0 Å². The molecule has 0 aromatic rings. The Morgan fingerprint density at radius 2 is 1.87 bits per heavy atom. The molecule has 90 valence electrons. The van der Waals surface area contributed by atoms with Gasteiger partial charge in [0.15, 0.2) is 6.29 Å². The van der Waals surface area contributed by atoms with E-state index in [1.54, 1.807) is 0 Å². The maximum atomic E-state index is 5.80. The molecule has 0 spiro atoms. The highest BCUT2D eigenvalue weighted by Crippen LogP contribution is 2.34. The number of hydrogen-bond donors (Lipinski definition) is 0. The number of hydrogen-bond acceptors (Lipinski definition) is 3. The Morgan fingerprint density at radius 3 is 2.20 bits per heavy atom. The van der Waals surface area contributed by atoms with E-state index in [1.807, 2.05) is 23.0 Å². The van der Waals surface area contributed by atoms with Gasteiger partial charge in [-0.2, -0.15) is 0 Å². The smallest absolute Gasteiger partial charge is 0.162 e. The standard InChI is InChI=1S/C11H21IO3/c1-5-11(8-15-12)6-13-9(14-7-11)10(2,3)4/h9H,5-8H2,1-4H3. The maximum Gasteiger partial charge on any atom is 0.162 e. The Balaban J connectivity index is 2.53. The molecule has 1 aliphatic rings. The monoisotopic (exact) mass is 328 g/mol. The van der Waals surface area contributed by atoms with Gasteiger partial charge in [0.2, 0.25) is 0 Å². The Hall–Kier alpha value is 0.610. The lowest BCUT2D eigenvalue weighted by Gasteiger charge is -2.42. The molecule has 1 rings (SSSR count). The molecule has 0 aromatic carbocycles. The fraction of sp³-hybridized carbons (Fsp3) is 1.00. The van der Waals surface area contributed by atoms with E-state index in [0.717, 1.165) is 19.6 Å². The van der Waals surface area contributed by atoms with E-state index in [9.17, 15) is 0 Å². The van der Waals surface area contributed by atoms with Crippen molar-refractivity contribution >= 4 is 23.0 Å². The molecule has 0 amide bonds. The number of halogens is 1. The Morgan fingerprint density at radius 1 is 1.33 bits per heavy atom. The quantitative estimate of drug-likeness (QED) is 0.745. The van der Waals surface area contributed by atoms with Crippen LogP contribution in [0.5, 0.6) is 0 Å². The minimum Gasteiger partial charge on any atom is -0.351 e. The molecular weight excluding hydrogens is 307 g/mol. The lowest BCUT2D eigenvalue weighted by atomic mass is 9.86. The molecule has 0 unspecified atom stereocenters. The third-order valence-corrected chi connectivity index (χ3v) is 3.21. The summed E-state index contributed by atoms with van der Waals surface area (Å²) in [5.74, 6) is 0. The Bertz CT molecular complexity index is 192. The summed E-state index contributed by atoms with van der Waals surface area (Å²) in [5.41, 5.74) is 0.0913. The minimum absolute atomic E-state index is 0.0446. The zero-order chi connectivity index (χ0) is 11.5. The molecule has 1 fully saturated rings. The molecule has 15 heavy (non-hydrogen) atoms. The average Bonchev–Trinajstić information content (AvgIpc) is 2.17. The molecule has 1 heterocycles. The van der Waals surface area contributed by atoms with Crippen LogP contribution in [0.1, 0.15) is 34.1 Å². The van der Waals surface area contributed by atoms with Crippen molar-refractivity contribution in [3.05, 3.63) is 0 Å². The lowest BCUT2D eigenvalue weighted by Crippen LogP contribution is -2.47. The van der Waals surface area contributed by atoms with Gasteiger partial charge in [0.1, 0.15) is 23.0 Å². The highest BCUT2D eigenvalue weighted by atomic mass is 127. The van der Waals surface area contributed by atoms with E-state index in [4.69, 9.17) is 12.5 Å². The molecule has 1 aliphatic heterocycles. The van der Waals surface area contributed by atoms with Crippen LogP contribution in [0.3, 0.4) is 0 Å². The summed E-state index contributed by atoms with van der Waals surface area (Å²) in [6, 6.07) is 0. The molecule has 0 N–H and O–H groups in total. The maximum absolute atomic E-state index is 5.80. The predicted molar refractivity (Wildman–Crippen MR) is 67.8 cm³/mol. The molecule has 0 radical (unpaired) electrons. The molecule has 0 bridgehead atoms. The van der Waals surface area contributed by atoms with E-state index < -0.39 is 0 Å². The predicted octanol–water partition coefficient (Wildman–Crippen LogP) is 3.17. The normalized spacial score (nSPS) is 33.0. The summed E-state index contributed by atoms with van der Waals surface area (Å²) in [4.78, 5) is 0. The SMILES string of the molecule is CCC1(COI)COC(C(C)(C)C)OC1. The Labute approximate surface area is 107 Å². The number of rotatable bonds is 3. The van der Waals surface area contributed by atoms with Crippen molar-refractivity contribution in [1.82, 2.24) is 0 Å². The zero-order valence-corrected chi connectivity index (χ0v) is 12.2. The van der Waals surface area contributed by atoms with Crippen molar-refractivity contribution in [1.29, 1.82) is 0 Å². The van der Waals surface area contributed by atoms with Crippen LogP contribution in [-0.2, 0) is 12.5 Å². The molecule has 0 atom stereocenters. The van der Waals surface area contributed by atoms with Crippen LogP contribution in [0, 0.1) is 10.8 Å². The third-order valence-electron chi connectivity index (χ3n) is 2.90. The Kier molecular flexibility index (Phi) is 4.83. The van der Waals surface area contributed by atoms with E-state index in [2.05, 4.69) is 27.7 Å². The summed E-state index contributed by atoms with van der Waals surface area (Å²) in [5, 5.41) is 0. The van der Waals surface area contributed by atoms with Gasteiger partial charge in [0.05, 0.1) is 19.8 Å². The highest BCUT2D eigenvalue weighted by molar-refractivity contribution is 14.1. The molecule has 3 nitrogen and oxygen atoms in total. The lowest BCUT2D eigenvalue weighted by molar-refractivity contribution is -0.269. The summed E-state index contributed by atoms with van der Waals surface area (Å²) >= 11 is 1.93. The third kappa shape index (κ3) is 3.54. The molecule has 0 aliphatic carbocycles. The van der Waals surface area contributed by atoms with Crippen molar-refractivity contribution in [2.45, 2.75) is 40.4 Å². The van der Waals surface area contributed by atoms with Crippen molar-refractivity contribution in [3.63, 3.8) is 0 Å². The summed E-state index contributed by atoms with van der Waals surface area (Å²) in [6.45, 7) is 10.7. The largest absolute Gasteiger partial charge is 0.351 e. The summed E-state index contributed by atoms with van der Waals surface area (Å²) in [7, 11) is 0. The van der Waals surface area contributed by atoms with Gasteiger partial charge in [-0.25, -0.2) is 0 Å². The zero-order valence-electron chi connectivity index (χ0n) is 10.0. The van der Waals surface area contributed by atoms with Gasteiger partial charge in [-0.15, -0.1) is 0 Å². The van der Waals surface area contributed by atoms with Crippen LogP contribution >= 0.6 is 23.0 Å². The van der Waals surface area contributed by atoms with Gasteiger partial charge in [-0.1, -0.05) is 27.7 Å². The molecule has 0 saturated carbocycles. The van der Waals surface area contributed by atoms with E-state index in [1.165, 1.54) is 0 Å². The van der Waals surface area contributed by atoms with Gasteiger partial charge < -0.3 is 12.5 Å².